The standard InChI is InChI=1S/C20H15Cl2N3O5S.H2O/c1-9(13-8-31-18(17(13)26)10-3-5-14(21)15(22)6-10)23-24-19(27)11-2-4-12(20(28)29)16(7-11)25-30;/h2-8,26H,25H2,1H3,(H,24,27)(H,28,29);1H2/b23-9+;. The number of benzene rings is 2. The topological polar surface area (TPSA) is 170 Å². The number of carbonyl (C=O) groups is 2. The SMILES string of the molecule is C/C(=N\NC(=O)c1ccc(C(=O)O)c([NH2+][O-])c1)c1csc(-c2ccc(Cl)c(Cl)c2)c1O.O. The number of carboxylic acid groups (broad SMARTS) is 1. The summed E-state index contributed by atoms with van der Waals surface area (Å²) >= 11 is 13.2. The van der Waals surface area contributed by atoms with Crippen LogP contribution in [0.4, 0.5) is 5.69 Å². The number of nitrogens with two attached hydrogens (primary N) is 1. The summed E-state index contributed by atoms with van der Waals surface area (Å²) in [6.07, 6.45) is 0. The number of carbonyl (C=O) groups excluding carboxylic acids is 1. The van der Waals surface area contributed by atoms with Crippen molar-refractivity contribution in [1.82, 2.24) is 5.43 Å². The minimum Gasteiger partial charge on any atom is -0.630 e. The molecule has 0 aliphatic heterocycles. The molecule has 0 aliphatic rings. The first-order valence-electron chi connectivity index (χ1n) is 8.66. The minimum atomic E-state index is -1.27. The van der Waals surface area contributed by atoms with Gasteiger partial charge in [0, 0.05) is 17.0 Å². The van der Waals surface area contributed by atoms with E-state index in [0.717, 1.165) is 0 Å². The number of aromatic carboxylic acids is 1. The Hall–Kier alpha value is -2.99. The van der Waals surface area contributed by atoms with Gasteiger partial charge in [-0.05, 0) is 36.8 Å². The predicted octanol–water partition coefficient (Wildman–Crippen LogP) is 3.15. The number of amides is 1. The fourth-order valence-electron chi connectivity index (χ4n) is 2.71. The van der Waals surface area contributed by atoms with E-state index in [0.29, 0.717) is 37.2 Å². The van der Waals surface area contributed by atoms with Gasteiger partial charge in [-0.25, -0.2) is 10.2 Å². The average Bonchev–Trinajstić information content (AvgIpc) is 3.14. The lowest BCUT2D eigenvalue weighted by Gasteiger charge is -2.08. The number of nitrogens with one attached hydrogen (secondary N) is 1. The molecule has 0 unspecified atom stereocenters. The molecule has 0 bridgehead atoms. The highest BCUT2D eigenvalue weighted by molar-refractivity contribution is 7.14. The molecule has 0 saturated carbocycles. The van der Waals surface area contributed by atoms with Gasteiger partial charge >= 0.3 is 5.97 Å². The number of thiophene rings is 1. The highest BCUT2D eigenvalue weighted by atomic mass is 35.5. The zero-order valence-electron chi connectivity index (χ0n) is 16.3. The molecule has 0 spiro atoms. The van der Waals surface area contributed by atoms with E-state index in [1.54, 1.807) is 30.5 Å². The van der Waals surface area contributed by atoms with E-state index in [4.69, 9.17) is 28.3 Å². The van der Waals surface area contributed by atoms with Gasteiger partial charge in [0.2, 0.25) is 0 Å². The van der Waals surface area contributed by atoms with Crippen molar-refractivity contribution < 1.29 is 30.8 Å². The number of rotatable bonds is 6. The number of carboxylic acids is 1. The summed E-state index contributed by atoms with van der Waals surface area (Å²) in [5, 5.41) is 37.2. The summed E-state index contributed by atoms with van der Waals surface area (Å²) in [7, 11) is 0. The number of hydrogen-bond acceptors (Lipinski definition) is 6. The Balaban J connectivity index is 0.00000363. The summed E-state index contributed by atoms with van der Waals surface area (Å²) in [6, 6.07) is 8.61. The van der Waals surface area contributed by atoms with Crippen molar-refractivity contribution in [1.29, 1.82) is 0 Å². The number of nitrogens with zero attached hydrogens (tertiary/aromatic N) is 1. The first kappa shape index (κ1) is 25.3. The van der Waals surface area contributed by atoms with Gasteiger partial charge in [-0.2, -0.15) is 5.10 Å². The first-order chi connectivity index (χ1) is 14.7. The number of halogens is 2. The van der Waals surface area contributed by atoms with Crippen LogP contribution in [0.15, 0.2) is 46.9 Å². The Labute approximate surface area is 195 Å². The maximum atomic E-state index is 12.3. The van der Waals surface area contributed by atoms with Crippen LogP contribution in [-0.2, 0) is 0 Å². The van der Waals surface area contributed by atoms with Crippen LogP contribution >= 0.6 is 34.5 Å². The van der Waals surface area contributed by atoms with Crippen molar-refractivity contribution in [3.05, 3.63) is 73.7 Å². The van der Waals surface area contributed by atoms with Crippen LogP contribution in [0.5, 0.6) is 5.75 Å². The molecule has 1 heterocycles. The Kier molecular flexibility index (Phi) is 8.33. The third-order valence-electron chi connectivity index (χ3n) is 4.33. The molecule has 168 valence electrons. The van der Waals surface area contributed by atoms with E-state index in [2.05, 4.69) is 10.5 Å². The summed E-state index contributed by atoms with van der Waals surface area (Å²) in [4.78, 5) is 24.0. The summed E-state index contributed by atoms with van der Waals surface area (Å²) < 4.78 is 0. The molecule has 9 nitrogen and oxygen atoms in total. The number of aromatic hydroxyl groups is 1. The number of hydrogen-bond donors (Lipinski definition) is 4. The highest BCUT2D eigenvalue weighted by Crippen LogP contribution is 2.40. The Bertz CT molecular complexity index is 1210. The monoisotopic (exact) mass is 497 g/mol. The molecule has 0 atom stereocenters. The van der Waals surface area contributed by atoms with Gasteiger partial charge in [0.25, 0.3) is 5.91 Å². The second-order valence-electron chi connectivity index (χ2n) is 6.32. The normalized spacial score (nSPS) is 11.1. The minimum absolute atomic E-state index is 0. The second-order valence-corrected chi connectivity index (χ2v) is 8.01. The van der Waals surface area contributed by atoms with Crippen molar-refractivity contribution in [2.45, 2.75) is 6.92 Å². The van der Waals surface area contributed by atoms with E-state index < -0.39 is 11.9 Å². The molecule has 0 aliphatic carbocycles. The van der Waals surface area contributed by atoms with E-state index in [1.165, 1.54) is 29.5 Å². The molecule has 2 aromatic carbocycles. The molecule has 3 aromatic rings. The van der Waals surface area contributed by atoms with Crippen LogP contribution in [0.25, 0.3) is 10.4 Å². The molecule has 1 amide bonds. The molecule has 12 heteroatoms. The molecule has 32 heavy (non-hydrogen) atoms. The molecule has 1 aromatic heterocycles. The van der Waals surface area contributed by atoms with Crippen molar-refractivity contribution in [2.24, 2.45) is 5.10 Å². The second kappa shape index (κ2) is 10.6. The van der Waals surface area contributed by atoms with Crippen LogP contribution in [-0.4, -0.2) is 33.3 Å². The van der Waals surface area contributed by atoms with Gasteiger partial charge in [0.15, 0.2) is 0 Å². The Morgan fingerprint density at radius 1 is 1.12 bits per heavy atom. The van der Waals surface area contributed by atoms with Crippen LogP contribution in [0, 0.1) is 5.21 Å². The highest BCUT2D eigenvalue weighted by Gasteiger charge is 2.17. The molecule has 7 N–H and O–H groups in total. The van der Waals surface area contributed by atoms with Crippen molar-refractivity contribution in [3.63, 3.8) is 0 Å². The van der Waals surface area contributed by atoms with Crippen molar-refractivity contribution in [3.8, 4) is 16.2 Å². The van der Waals surface area contributed by atoms with Gasteiger partial charge in [-0.1, -0.05) is 29.3 Å². The number of quaternary nitrogens is 1. The largest absolute Gasteiger partial charge is 0.630 e. The van der Waals surface area contributed by atoms with Crippen molar-refractivity contribution in [2.75, 3.05) is 0 Å². The fourth-order valence-corrected chi connectivity index (χ4v) is 4.01. The van der Waals surface area contributed by atoms with Crippen LogP contribution in [0.1, 0.15) is 33.2 Å². The van der Waals surface area contributed by atoms with E-state index in [9.17, 15) is 19.9 Å². The number of hydrazone groups is 1. The smallest absolute Gasteiger partial charge is 0.341 e. The zero-order valence-corrected chi connectivity index (χ0v) is 18.7. The van der Waals surface area contributed by atoms with Crippen molar-refractivity contribution >= 4 is 57.8 Å². The quantitative estimate of drug-likeness (QED) is 0.232. The lowest BCUT2D eigenvalue weighted by Crippen LogP contribution is -2.70. The van der Waals surface area contributed by atoms with Gasteiger partial charge in [0.1, 0.15) is 17.0 Å². The fraction of sp³-hybridized carbons (Fsp3) is 0.0500. The van der Waals surface area contributed by atoms with Gasteiger partial charge in [-0.3, -0.25) is 4.79 Å². The van der Waals surface area contributed by atoms with E-state index in [1.807, 2.05) is 0 Å². The average molecular weight is 498 g/mol. The molecule has 0 fully saturated rings. The maximum absolute atomic E-state index is 12.3. The third-order valence-corrected chi connectivity index (χ3v) is 6.09. The molecule has 0 saturated heterocycles. The molecular weight excluding hydrogens is 481 g/mol. The van der Waals surface area contributed by atoms with E-state index in [-0.39, 0.29) is 28.0 Å². The van der Waals surface area contributed by atoms with Gasteiger partial charge < -0.3 is 26.4 Å². The summed E-state index contributed by atoms with van der Waals surface area (Å²) in [5.41, 5.74) is 3.87. The first-order valence-corrected chi connectivity index (χ1v) is 10.3. The van der Waals surface area contributed by atoms with Gasteiger partial charge in [-0.15, -0.1) is 11.3 Å². The lowest BCUT2D eigenvalue weighted by atomic mass is 10.1. The molecule has 0 radical (unpaired) electrons. The van der Waals surface area contributed by atoms with Crippen LogP contribution in [0.3, 0.4) is 0 Å². The molecular formula is C20H17Cl2N3O6S. The summed E-state index contributed by atoms with van der Waals surface area (Å²) in [5.74, 6) is -1.93. The van der Waals surface area contributed by atoms with Gasteiger partial charge in [0.05, 0.1) is 26.2 Å². The summed E-state index contributed by atoms with van der Waals surface area (Å²) in [6.45, 7) is 1.60. The predicted molar refractivity (Wildman–Crippen MR) is 123 cm³/mol. The lowest BCUT2D eigenvalue weighted by molar-refractivity contribution is -0.497. The molecule has 3 rings (SSSR count). The Morgan fingerprint density at radius 2 is 1.84 bits per heavy atom. The Morgan fingerprint density at radius 3 is 2.47 bits per heavy atom. The van der Waals surface area contributed by atoms with Crippen LogP contribution in [0.2, 0.25) is 10.0 Å². The maximum Gasteiger partial charge on any atom is 0.341 e. The zero-order chi connectivity index (χ0) is 22.7. The van der Waals surface area contributed by atoms with Crippen LogP contribution < -0.4 is 10.9 Å². The third kappa shape index (κ3) is 5.25. The van der Waals surface area contributed by atoms with E-state index >= 15 is 0 Å².